The zero-order chi connectivity index (χ0) is 11.4. The lowest BCUT2D eigenvalue weighted by Gasteiger charge is -2.38. The highest BCUT2D eigenvalue weighted by Gasteiger charge is 2.31. The summed E-state index contributed by atoms with van der Waals surface area (Å²) in [6.07, 6.45) is 2.46. The molecule has 0 unspecified atom stereocenters. The number of aliphatic carboxylic acids is 1. The van der Waals surface area contributed by atoms with Crippen LogP contribution in [-0.4, -0.2) is 46.3 Å². The zero-order valence-electron chi connectivity index (χ0n) is 9.52. The van der Waals surface area contributed by atoms with E-state index in [1.165, 1.54) is 0 Å². The molecule has 0 amide bonds. The minimum atomic E-state index is -0.776. The van der Waals surface area contributed by atoms with Crippen LogP contribution >= 0.6 is 0 Å². The number of piperidine rings is 1. The van der Waals surface area contributed by atoms with Crippen LogP contribution in [0.3, 0.4) is 0 Å². The highest BCUT2D eigenvalue weighted by Crippen LogP contribution is 2.22. The molecular weight excluding hydrogens is 194 g/mol. The Balaban J connectivity index is 2.53. The quantitative estimate of drug-likeness (QED) is 0.732. The van der Waals surface area contributed by atoms with E-state index < -0.39 is 12.0 Å². The second kappa shape index (κ2) is 5.47. The Labute approximate surface area is 90.9 Å². The average Bonchev–Trinajstić information content (AvgIpc) is 2.20. The van der Waals surface area contributed by atoms with Gasteiger partial charge in [-0.15, -0.1) is 0 Å². The van der Waals surface area contributed by atoms with Crippen molar-refractivity contribution in [3.63, 3.8) is 0 Å². The molecule has 0 radical (unpaired) electrons. The van der Waals surface area contributed by atoms with Gasteiger partial charge in [0.15, 0.2) is 0 Å². The van der Waals surface area contributed by atoms with Gasteiger partial charge in [0.05, 0.1) is 6.10 Å². The van der Waals surface area contributed by atoms with E-state index in [0.717, 1.165) is 12.8 Å². The lowest BCUT2D eigenvalue weighted by Crippen LogP contribution is -2.49. The molecule has 15 heavy (non-hydrogen) atoms. The average molecular weight is 215 g/mol. The molecule has 88 valence electrons. The van der Waals surface area contributed by atoms with Gasteiger partial charge >= 0.3 is 5.97 Å². The van der Waals surface area contributed by atoms with Crippen LogP contribution < -0.4 is 0 Å². The van der Waals surface area contributed by atoms with Crippen molar-refractivity contribution in [1.82, 2.24) is 4.90 Å². The molecule has 1 rings (SSSR count). The molecule has 2 N–H and O–H groups in total. The maximum atomic E-state index is 10.8. The number of carbonyl (C=O) groups is 1. The summed E-state index contributed by atoms with van der Waals surface area (Å²) in [6, 6.07) is -0.433. The lowest BCUT2D eigenvalue weighted by atomic mass is 9.90. The third kappa shape index (κ3) is 3.18. The van der Waals surface area contributed by atoms with E-state index in [2.05, 4.69) is 6.92 Å². The van der Waals surface area contributed by atoms with Crippen molar-refractivity contribution in [2.24, 2.45) is 5.92 Å². The van der Waals surface area contributed by atoms with Crippen molar-refractivity contribution in [2.75, 3.05) is 13.1 Å². The standard InChI is InChI=1S/C11H21NO3/c1-3-4-9-7-12(6-5-10(9)13)8(2)11(14)15/h8-10,13H,3-7H2,1-2H3,(H,14,15)/t8-,9-,10+/m1/s1. The Morgan fingerprint density at radius 3 is 2.80 bits per heavy atom. The van der Waals surface area contributed by atoms with Crippen molar-refractivity contribution >= 4 is 5.97 Å². The summed E-state index contributed by atoms with van der Waals surface area (Å²) in [6.45, 7) is 5.20. The lowest BCUT2D eigenvalue weighted by molar-refractivity contribution is -0.144. The van der Waals surface area contributed by atoms with Crippen LogP contribution in [0.4, 0.5) is 0 Å². The zero-order valence-corrected chi connectivity index (χ0v) is 9.52. The summed E-state index contributed by atoms with van der Waals surface area (Å²) in [5.41, 5.74) is 0. The first kappa shape index (κ1) is 12.5. The molecule has 1 saturated heterocycles. The van der Waals surface area contributed by atoms with Gasteiger partial charge in [-0.25, -0.2) is 0 Å². The Bertz CT molecular complexity index is 220. The molecule has 1 fully saturated rings. The number of nitrogens with zero attached hydrogens (tertiary/aromatic N) is 1. The number of likely N-dealkylation sites (tertiary alicyclic amines) is 1. The molecule has 0 aromatic rings. The summed E-state index contributed by atoms with van der Waals surface area (Å²) in [4.78, 5) is 12.8. The fraction of sp³-hybridized carbons (Fsp3) is 0.909. The summed E-state index contributed by atoms with van der Waals surface area (Å²) >= 11 is 0. The number of hydrogen-bond donors (Lipinski definition) is 2. The molecule has 0 aliphatic carbocycles. The number of carboxylic acids is 1. The van der Waals surface area contributed by atoms with Gasteiger partial charge in [-0.1, -0.05) is 13.3 Å². The van der Waals surface area contributed by atoms with E-state index in [-0.39, 0.29) is 12.0 Å². The number of hydrogen-bond acceptors (Lipinski definition) is 3. The van der Waals surface area contributed by atoms with Crippen molar-refractivity contribution in [3.05, 3.63) is 0 Å². The van der Waals surface area contributed by atoms with Crippen LogP contribution in [0.15, 0.2) is 0 Å². The van der Waals surface area contributed by atoms with Gasteiger partial charge in [-0.05, 0) is 25.7 Å². The Morgan fingerprint density at radius 2 is 2.27 bits per heavy atom. The third-order valence-corrected chi connectivity index (χ3v) is 3.29. The maximum absolute atomic E-state index is 10.8. The van der Waals surface area contributed by atoms with Gasteiger partial charge in [-0.2, -0.15) is 0 Å². The van der Waals surface area contributed by atoms with Crippen LogP contribution in [0.2, 0.25) is 0 Å². The predicted molar refractivity (Wildman–Crippen MR) is 57.7 cm³/mol. The van der Waals surface area contributed by atoms with Crippen molar-refractivity contribution in [2.45, 2.75) is 45.3 Å². The van der Waals surface area contributed by atoms with Crippen molar-refractivity contribution in [3.8, 4) is 0 Å². The highest BCUT2D eigenvalue weighted by molar-refractivity contribution is 5.72. The fourth-order valence-electron chi connectivity index (χ4n) is 2.21. The van der Waals surface area contributed by atoms with E-state index >= 15 is 0 Å². The SMILES string of the molecule is CCC[C@@H]1CN([C@H](C)C(=O)O)CC[C@@H]1O. The molecule has 1 aliphatic rings. The number of carboxylic acid groups (broad SMARTS) is 1. The van der Waals surface area contributed by atoms with Gasteiger partial charge in [0, 0.05) is 13.1 Å². The Hall–Kier alpha value is -0.610. The molecule has 1 aliphatic heterocycles. The van der Waals surface area contributed by atoms with Crippen LogP contribution in [0.5, 0.6) is 0 Å². The van der Waals surface area contributed by atoms with E-state index in [1.54, 1.807) is 6.92 Å². The fourth-order valence-corrected chi connectivity index (χ4v) is 2.21. The Kier molecular flexibility index (Phi) is 4.54. The first-order valence-corrected chi connectivity index (χ1v) is 5.71. The second-order valence-corrected chi connectivity index (χ2v) is 4.41. The van der Waals surface area contributed by atoms with Gasteiger partial charge in [0.2, 0.25) is 0 Å². The number of aliphatic hydroxyl groups excluding tert-OH is 1. The smallest absolute Gasteiger partial charge is 0.320 e. The second-order valence-electron chi connectivity index (χ2n) is 4.41. The van der Waals surface area contributed by atoms with E-state index in [1.807, 2.05) is 4.90 Å². The van der Waals surface area contributed by atoms with Crippen LogP contribution in [0, 0.1) is 5.92 Å². The summed E-state index contributed by atoms with van der Waals surface area (Å²) in [5.74, 6) is -0.535. The summed E-state index contributed by atoms with van der Waals surface area (Å²) < 4.78 is 0. The third-order valence-electron chi connectivity index (χ3n) is 3.29. The van der Waals surface area contributed by atoms with Crippen LogP contribution in [0.25, 0.3) is 0 Å². The molecule has 3 atom stereocenters. The molecular formula is C11H21NO3. The Morgan fingerprint density at radius 1 is 1.60 bits per heavy atom. The number of aliphatic hydroxyl groups is 1. The number of rotatable bonds is 4. The maximum Gasteiger partial charge on any atom is 0.320 e. The predicted octanol–water partition coefficient (Wildman–Crippen LogP) is 0.942. The van der Waals surface area contributed by atoms with Crippen molar-refractivity contribution < 1.29 is 15.0 Å². The van der Waals surface area contributed by atoms with E-state index in [9.17, 15) is 9.90 Å². The van der Waals surface area contributed by atoms with Gasteiger partial charge in [0.25, 0.3) is 0 Å². The molecule has 0 spiro atoms. The van der Waals surface area contributed by atoms with Gasteiger partial charge in [-0.3, -0.25) is 9.69 Å². The molecule has 1 heterocycles. The highest BCUT2D eigenvalue weighted by atomic mass is 16.4. The molecule has 0 aromatic heterocycles. The molecule has 0 saturated carbocycles. The van der Waals surface area contributed by atoms with Crippen molar-refractivity contribution in [1.29, 1.82) is 0 Å². The van der Waals surface area contributed by atoms with Gasteiger partial charge in [0.1, 0.15) is 6.04 Å². The first-order valence-electron chi connectivity index (χ1n) is 5.71. The molecule has 0 aromatic carbocycles. The minimum absolute atomic E-state index is 0.241. The normalized spacial score (nSPS) is 30.1. The first-order chi connectivity index (χ1) is 7.06. The summed E-state index contributed by atoms with van der Waals surface area (Å²) in [5, 5.41) is 18.7. The summed E-state index contributed by atoms with van der Waals surface area (Å²) in [7, 11) is 0. The van der Waals surface area contributed by atoms with Crippen LogP contribution in [0.1, 0.15) is 33.1 Å². The van der Waals surface area contributed by atoms with Gasteiger partial charge < -0.3 is 10.2 Å². The van der Waals surface area contributed by atoms with Crippen LogP contribution in [-0.2, 0) is 4.79 Å². The largest absolute Gasteiger partial charge is 0.480 e. The monoisotopic (exact) mass is 215 g/mol. The molecule has 4 heteroatoms. The molecule has 4 nitrogen and oxygen atoms in total. The van der Waals surface area contributed by atoms with E-state index in [0.29, 0.717) is 19.5 Å². The van der Waals surface area contributed by atoms with E-state index in [4.69, 9.17) is 5.11 Å². The molecule has 0 bridgehead atoms. The minimum Gasteiger partial charge on any atom is -0.480 e. The topological polar surface area (TPSA) is 60.8 Å².